The third-order valence-corrected chi connectivity index (χ3v) is 2.97. The maximum absolute atomic E-state index is 4.15. The molecule has 0 saturated heterocycles. The van der Waals surface area contributed by atoms with Gasteiger partial charge in [0.1, 0.15) is 0 Å². The van der Waals surface area contributed by atoms with E-state index in [4.69, 9.17) is 0 Å². The number of rotatable bonds is 4. The summed E-state index contributed by atoms with van der Waals surface area (Å²) in [4.78, 5) is 4.15. The Morgan fingerprint density at radius 1 is 1.47 bits per heavy atom. The van der Waals surface area contributed by atoms with Gasteiger partial charge in [-0.3, -0.25) is 4.99 Å². The van der Waals surface area contributed by atoms with Gasteiger partial charge in [-0.05, 0) is 37.1 Å². The molecule has 15 heavy (non-hydrogen) atoms. The van der Waals surface area contributed by atoms with E-state index in [1.54, 1.807) is 0 Å². The second-order valence-electron chi connectivity index (χ2n) is 3.91. The molecule has 80 valence electrons. The van der Waals surface area contributed by atoms with E-state index in [0.717, 1.165) is 17.7 Å². The van der Waals surface area contributed by atoms with Crippen LogP contribution < -0.4 is 0 Å². The van der Waals surface area contributed by atoms with E-state index < -0.39 is 0 Å². The Balaban J connectivity index is 3.41. The fraction of sp³-hybridized carbons (Fsp3) is 0.357. The summed E-state index contributed by atoms with van der Waals surface area (Å²) < 4.78 is 0. The van der Waals surface area contributed by atoms with Gasteiger partial charge < -0.3 is 0 Å². The first kappa shape index (κ1) is 11.7. The van der Waals surface area contributed by atoms with E-state index in [0.29, 0.717) is 5.92 Å². The van der Waals surface area contributed by atoms with E-state index in [9.17, 15) is 0 Å². The van der Waals surface area contributed by atoms with Crippen LogP contribution in [0.3, 0.4) is 0 Å². The molecule has 0 N–H and O–H groups in total. The van der Waals surface area contributed by atoms with Crippen molar-refractivity contribution in [2.24, 2.45) is 4.99 Å². The third kappa shape index (κ3) is 2.17. The Bertz CT molecular complexity index is 377. The molecular formula is C14H19N. The number of aliphatic imine (C=N–C) groups is 1. The first-order chi connectivity index (χ1) is 7.15. The van der Waals surface area contributed by atoms with Crippen LogP contribution in [0.25, 0.3) is 6.08 Å². The van der Waals surface area contributed by atoms with Crippen LogP contribution in [0.2, 0.25) is 0 Å². The van der Waals surface area contributed by atoms with Gasteiger partial charge in [0.2, 0.25) is 0 Å². The molecule has 0 saturated carbocycles. The highest BCUT2D eigenvalue weighted by molar-refractivity contribution is 5.71. The lowest BCUT2D eigenvalue weighted by atomic mass is 9.92. The molecule has 0 heterocycles. The zero-order valence-corrected chi connectivity index (χ0v) is 9.88. The van der Waals surface area contributed by atoms with Crippen molar-refractivity contribution in [1.82, 2.24) is 0 Å². The van der Waals surface area contributed by atoms with Crippen molar-refractivity contribution in [1.29, 1.82) is 0 Å². The maximum Gasteiger partial charge on any atom is 0.0731 e. The van der Waals surface area contributed by atoms with E-state index >= 15 is 0 Å². The predicted molar refractivity (Wildman–Crippen MR) is 69.2 cm³/mol. The zero-order valence-electron chi connectivity index (χ0n) is 9.88. The summed E-state index contributed by atoms with van der Waals surface area (Å²) in [6.45, 7) is 14.0. The molecule has 0 bridgehead atoms. The topological polar surface area (TPSA) is 12.4 Å². The largest absolute Gasteiger partial charge is 0.264 e. The van der Waals surface area contributed by atoms with Gasteiger partial charge in [-0.2, -0.15) is 0 Å². The highest BCUT2D eigenvalue weighted by atomic mass is 14.7. The lowest BCUT2D eigenvalue weighted by molar-refractivity contribution is 0.734. The van der Waals surface area contributed by atoms with Crippen molar-refractivity contribution in [3.05, 3.63) is 35.4 Å². The minimum atomic E-state index is 0.518. The van der Waals surface area contributed by atoms with Crippen LogP contribution in [0.5, 0.6) is 0 Å². The summed E-state index contributed by atoms with van der Waals surface area (Å²) in [5.74, 6) is 0.518. The molecule has 1 nitrogen and oxygen atoms in total. The van der Waals surface area contributed by atoms with Gasteiger partial charge in [-0.1, -0.05) is 38.6 Å². The Hall–Kier alpha value is -1.37. The Labute approximate surface area is 92.6 Å². The number of benzene rings is 1. The average molecular weight is 201 g/mol. The molecule has 0 spiro atoms. The molecule has 0 aliphatic carbocycles. The summed E-state index contributed by atoms with van der Waals surface area (Å²) in [6, 6.07) is 4.29. The zero-order chi connectivity index (χ0) is 11.4. The number of hydrogen-bond acceptors (Lipinski definition) is 1. The van der Waals surface area contributed by atoms with Crippen molar-refractivity contribution >= 4 is 18.5 Å². The van der Waals surface area contributed by atoms with Gasteiger partial charge in [-0.25, -0.2) is 0 Å². The minimum Gasteiger partial charge on any atom is -0.264 e. The van der Waals surface area contributed by atoms with Crippen molar-refractivity contribution in [2.45, 2.75) is 33.1 Å². The summed E-state index contributed by atoms with van der Waals surface area (Å²) >= 11 is 0. The molecule has 0 fully saturated rings. The van der Waals surface area contributed by atoms with Gasteiger partial charge in [0.25, 0.3) is 0 Å². The fourth-order valence-corrected chi connectivity index (χ4v) is 1.78. The summed E-state index contributed by atoms with van der Waals surface area (Å²) in [5, 5.41) is 0. The molecule has 0 aromatic heterocycles. The standard InChI is InChI=1S/C14H19N/c1-6-10(3)13-9-8-11(4)12(7-2)14(13)15-5/h7-10H,2,5-6H2,1,3-4H3. The van der Waals surface area contributed by atoms with Gasteiger partial charge in [0, 0.05) is 5.56 Å². The lowest BCUT2D eigenvalue weighted by Crippen LogP contribution is -1.95. The average Bonchev–Trinajstić information content (AvgIpc) is 2.27. The van der Waals surface area contributed by atoms with Crippen LogP contribution in [0, 0.1) is 6.92 Å². The summed E-state index contributed by atoms with van der Waals surface area (Å²) in [5.41, 5.74) is 4.59. The third-order valence-electron chi connectivity index (χ3n) is 2.97. The van der Waals surface area contributed by atoms with Crippen molar-refractivity contribution in [3.8, 4) is 0 Å². The number of nitrogens with zero attached hydrogens (tertiary/aromatic N) is 1. The maximum atomic E-state index is 4.15. The fourth-order valence-electron chi connectivity index (χ4n) is 1.78. The van der Waals surface area contributed by atoms with Crippen LogP contribution >= 0.6 is 0 Å². The molecule has 1 unspecified atom stereocenters. The molecule has 0 aliphatic heterocycles. The Morgan fingerprint density at radius 3 is 2.60 bits per heavy atom. The van der Waals surface area contributed by atoms with Crippen LogP contribution in [0.1, 0.15) is 42.9 Å². The summed E-state index contributed by atoms with van der Waals surface area (Å²) in [6.07, 6.45) is 2.98. The normalized spacial score (nSPS) is 12.2. The number of aryl methyl sites for hydroxylation is 1. The monoisotopic (exact) mass is 201 g/mol. The van der Waals surface area contributed by atoms with Gasteiger partial charge in [0.05, 0.1) is 5.69 Å². The van der Waals surface area contributed by atoms with Gasteiger partial charge in [-0.15, -0.1) is 0 Å². The van der Waals surface area contributed by atoms with Gasteiger partial charge in [0.15, 0.2) is 0 Å². The molecular weight excluding hydrogens is 182 g/mol. The highest BCUT2D eigenvalue weighted by Gasteiger charge is 2.12. The van der Waals surface area contributed by atoms with Crippen LogP contribution in [0.15, 0.2) is 23.7 Å². The first-order valence-corrected chi connectivity index (χ1v) is 5.38. The molecule has 1 rings (SSSR count). The first-order valence-electron chi connectivity index (χ1n) is 5.38. The van der Waals surface area contributed by atoms with E-state index in [2.05, 4.69) is 51.2 Å². The number of hydrogen-bond donors (Lipinski definition) is 0. The molecule has 1 aromatic rings. The predicted octanol–water partition coefficient (Wildman–Crippen LogP) is 4.48. The van der Waals surface area contributed by atoms with Crippen LogP contribution in [0.4, 0.5) is 5.69 Å². The molecule has 0 aliphatic rings. The quantitative estimate of drug-likeness (QED) is 0.637. The van der Waals surface area contributed by atoms with Crippen LogP contribution in [-0.2, 0) is 0 Å². The van der Waals surface area contributed by atoms with E-state index in [1.165, 1.54) is 11.1 Å². The molecule has 1 heteroatoms. The van der Waals surface area contributed by atoms with Crippen molar-refractivity contribution < 1.29 is 0 Å². The van der Waals surface area contributed by atoms with Crippen LogP contribution in [-0.4, -0.2) is 6.72 Å². The molecule has 1 aromatic carbocycles. The second-order valence-corrected chi connectivity index (χ2v) is 3.91. The van der Waals surface area contributed by atoms with Gasteiger partial charge >= 0.3 is 0 Å². The molecule has 0 amide bonds. The lowest BCUT2D eigenvalue weighted by Gasteiger charge is -2.15. The molecule has 0 radical (unpaired) electrons. The Kier molecular flexibility index (Phi) is 3.84. The van der Waals surface area contributed by atoms with E-state index in [-0.39, 0.29) is 0 Å². The smallest absolute Gasteiger partial charge is 0.0731 e. The highest BCUT2D eigenvalue weighted by Crippen LogP contribution is 2.34. The Morgan fingerprint density at radius 2 is 2.13 bits per heavy atom. The SMILES string of the molecule is C=Cc1c(C)ccc(C(C)CC)c1N=C. The molecule has 1 atom stereocenters. The van der Waals surface area contributed by atoms with Crippen molar-refractivity contribution in [3.63, 3.8) is 0 Å². The minimum absolute atomic E-state index is 0.518. The second kappa shape index (κ2) is 4.92. The summed E-state index contributed by atoms with van der Waals surface area (Å²) in [7, 11) is 0. The van der Waals surface area contributed by atoms with Crippen molar-refractivity contribution in [2.75, 3.05) is 0 Å². The van der Waals surface area contributed by atoms with E-state index in [1.807, 2.05) is 6.08 Å².